The molecule has 27 heavy (non-hydrogen) atoms. The molecule has 7 nitrogen and oxygen atoms in total. The van der Waals surface area contributed by atoms with E-state index in [1.165, 1.54) is 35.4 Å². The van der Waals surface area contributed by atoms with Gasteiger partial charge in [-0.15, -0.1) is 11.3 Å². The van der Waals surface area contributed by atoms with Gasteiger partial charge in [-0.1, -0.05) is 12.1 Å². The average Bonchev–Trinajstić information content (AvgIpc) is 3.20. The highest BCUT2D eigenvalue weighted by Crippen LogP contribution is 2.16. The number of nitrogens with zero attached hydrogens (tertiary/aromatic N) is 2. The third kappa shape index (κ3) is 5.15. The van der Waals surface area contributed by atoms with Crippen LogP contribution in [0.5, 0.6) is 0 Å². The second-order valence-corrected chi connectivity index (χ2v) is 7.16. The molecule has 2 aromatic rings. The molecule has 2 rings (SSSR count). The molecule has 1 aromatic heterocycles. The molecule has 0 spiro atoms. The van der Waals surface area contributed by atoms with Crippen LogP contribution in [0, 0.1) is 11.3 Å². The first-order valence-corrected chi connectivity index (χ1v) is 8.92. The zero-order chi connectivity index (χ0) is 20.0. The van der Waals surface area contributed by atoms with Crippen LogP contribution in [-0.4, -0.2) is 41.9 Å². The molecule has 0 saturated carbocycles. The molecular weight excluding hydrogens is 366 g/mol. The van der Waals surface area contributed by atoms with Crippen molar-refractivity contribution in [2.75, 3.05) is 19.0 Å². The summed E-state index contributed by atoms with van der Waals surface area (Å²) in [5.41, 5.74) is -0.360. The summed E-state index contributed by atoms with van der Waals surface area (Å²) in [5.74, 6) is -1.46. The van der Waals surface area contributed by atoms with E-state index in [4.69, 9.17) is 10.00 Å². The fourth-order valence-corrected chi connectivity index (χ4v) is 2.64. The van der Waals surface area contributed by atoms with Crippen LogP contribution in [0.4, 0.5) is 5.69 Å². The maximum atomic E-state index is 12.2. The van der Waals surface area contributed by atoms with E-state index in [1.54, 1.807) is 43.5 Å². The molecule has 0 aliphatic carbocycles. The molecule has 1 heterocycles. The Kier molecular flexibility index (Phi) is 6.32. The summed E-state index contributed by atoms with van der Waals surface area (Å²) in [7, 11) is 1.47. The van der Waals surface area contributed by atoms with Crippen LogP contribution < -0.4 is 5.32 Å². The van der Waals surface area contributed by atoms with Gasteiger partial charge in [0.25, 0.3) is 11.8 Å². The molecule has 1 aromatic carbocycles. The molecule has 140 valence electrons. The van der Waals surface area contributed by atoms with Gasteiger partial charge in [0, 0.05) is 12.7 Å². The molecule has 0 atom stereocenters. The first kappa shape index (κ1) is 20.1. The number of anilines is 1. The summed E-state index contributed by atoms with van der Waals surface area (Å²) >= 11 is 1.31. The highest BCUT2D eigenvalue weighted by atomic mass is 32.1. The van der Waals surface area contributed by atoms with Crippen LogP contribution in [0.2, 0.25) is 0 Å². The largest absolute Gasteiger partial charge is 0.452 e. The number of ether oxygens (including phenoxy) is 1. The SMILES string of the molecule is CN(C(=O)COC(=O)c1cccc(NC(=O)c2cccs2)c1)C(C)(C)C#N. The van der Waals surface area contributed by atoms with Gasteiger partial charge in [-0.3, -0.25) is 9.59 Å². The van der Waals surface area contributed by atoms with E-state index < -0.39 is 24.0 Å². The molecule has 0 fully saturated rings. The quantitative estimate of drug-likeness (QED) is 0.771. The topological polar surface area (TPSA) is 99.5 Å². The molecule has 0 saturated heterocycles. The fourth-order valence-electron chi connectivity index (χ4n) is 2.02. The van der Waals surface area contributed by atoms with Crippen LogP contribution in [0.15, 0.2) is 41.8 Å². The Labute approximate surface area is 161 Å². The molecule has 0 aliphatic heterocycles. The Bertz CT molecular complexity index is 885. The molecule has 0 radical (unpaired) electrons. The highest BCUT2D eigenvalue weighted by molar-refractivity contribution is 7.12. The molecule has 0 aliphatic rings. The zero-order valence-corrected chi connectivity index (χ0v) is 16.0. The van der Waals surface area contributed by atoms with Crippen molar-refractivity contribution in [2.24, 2.45) is 0 Å². The minimum absolute atomic E-state index is 0.203. The minimum atomic E-state index is -1.00. The standard InChI is InChI=1S/C19H19N3O4S/c1-19(2,12-20)22(3)16(23)11-26-18(25)13-6-4-7-14(10-13)21-17(24)15-8-5-9-27-15/h4-10H,11H2,1-3H3,(H,21,24). The van der Waals surface area contributed by atoms with Crippen molar-refractivity contribution in [1.29, 1.82) is 5.26 Å². The number of nitrogens with one attached hydrogen (secondary N) is 1. The number of carbonyl (C=O) groups excluding carboxylic acids is 3. The molecule has 2 amide bonds. The number of carbonyl (C=O) groups is 3. The molecule has 0 bridgehead atoms. The average molecular weight is 385 g/mol. The minimum Gasteiger partial charge on any atom is -0.452 e. The van der Waals surface area contributed by atoms with E-state index in [1.807, 2.05) is 6.07 Å². The molecule has 8 heteroatoms. The molecule has 0 unspecified atom stereocenters. The predicted octanol–water partition coefficient (Wildman–Crippen LogP) is 2.92. The Hall–Kier alpha value is -3.18. The number of hydrogen-bond acceptors (Lipinski definition) is 6. The van der Waals surface area contributed by atoms with Crippen LogP contribution in [-0.2, 0) is 9.53 Å². The van der Waals surface area contributed by atoms with E-state index in [0.29, 0.717) is 10.6 Å². The number of nitriles is 1. The first-order valence-electron chi connectivity index (χ1n) is 8.04. The third-order valence-corrected chi connectivity index (χ3v) is 4.78. The number of thiophene rings is 1. The Morgan fingerprint density at radius 2 is 2.00 bits per heavy atom. The molecular formula is C19H19N3O4S. The van der Waals surface area contributed by atoms with Crippen LogP contribution >= 0.6 is 11.3 Å². The molecule has 1 N–H and O–H groups in total. The number of hydrogen-bond donors (Lipinski definition) is 1. The summed E-state index contributed by atoms with van der Waals surface area (Å²) in [6.07, 6.45) is 0. The van der Waals surface area contributed by atoms with Crippen molar-refractivity contribution in [2.45, 2.75) is 19.4 Å². The number of benzene rings is 1. The van der Waals surface area contributed by atoms with Crippen molar-refractivity contribution in [3.05, 3.63) is 52.2 Å². The lowest BCUT2D eigenvalue weighted by Crippen LogP contribution is -2.45. The van der Waals surface area contributed by atoms with Crippen molar-refractivity contribution >= 4 is 34.8 Å². The van der Waals surface area contributed by atoms with Crippen LogP contribution in [0.1, 0.15) is 33.9 Å². The maximum Gasteiger partial charge on any atom is 0.338 e. The smallest absolute Gasteiger partial charge is 0.338 e. The van der Waals surface area contributed by atoms with Gasteiger partial charge in [0.1, 0.15) is 5.54 Å². The van der Waals surface area contributed by atoms with E-state index in [-0.39, 0.29) is 11.5 Å². The van der Waals surface area contributed by atoms with E-state index in [0.717, 1.165) is 0 Å². The van der Waals surface area contributed by atoms with Crippen LogP contribution in [0.3, 0.4) is 0 Å². The number of likely N-dealkylation sites (N-methyl/N-ethyl adjacent to an activating group) is 1. The Balaban J connectivity index is 1.98. The van der Waals surface area contributed by atoms with Crippen molar-refractivity contribution in [1.82, 2.24) is 4.90 Å². The number of amides is 2. The predicted molar refractivity (Wildman–Crippen MR) is 101 cm³/mol. The van der Waals surface area contributed by atoms with Gasteiger partial charge in [-0.2, -0.15) is 5.26 Å². The van der Waals surface area contributed by atoms with Gasteiger partial charge in [0.15, 0.2) is 6.61 Å². The first-order chi connectivity index (χ1) is 12.7. The van der Waals surface area contributed by atoms with Gasteiger partial charge >= 0.3 is 5.97 Å². The van der Waals surface area contributed by atoms with E-state index in [2.05, 4.69) is 5.32 Å². The van der Waals surface area contributed by atoms with Crippen molar-refractivity contribution in [3.63, 3.8) is 0 Å². The summed E-state index contributed by atoms with van der Waals surface area (Å²) < 4.78 is 5.03. The van der Waals surface area contributed by atoms with Crippen LogP contribution in [0.25, 0.3) is 0 Å². The summed E-state index contributed by atoms with van der Waals surface area (Å²) in [6, 6.07) is 11.7. The normalized spacial score (nSPS) is 10.6. The van der Waals surface area contributed by atoms with E-state index >= 15 is 0 Å². The number of esters is 1. The Morgan fingerprint density at radius 3 is 2.63 bits per heavy atom. The van der Waals surface area contributed by atoms with Gasteiger partial charge in [0.2, 0.25) is 0 Å². The summed E-state index contributed by atoms with van der Waals surface area (Å²) in [4.78, 5) is 38.1. The lowest BCUT2D eigenvalue weighted by molar-refractivity contribution is -0.136. The van der Waals surface area contributed by atoms with Gasteiger partial charge in [-0.25, -0.2) is 4.79 Å². The number of rotatable bonds is 6. The second kappa shape index (κ2) is 8.47. The monoisotopic (exact) mass is 385 g/mol. The van der Waals surface area contributed by atoms with E-state index in [9.17, 15) is 14.4 Å². The van der Waals surface area contributed by atoms with Crippen molar-refractivity contribution < 1.29 is 19.1 Å². The highest BCUT2D eigenvalue weighted by Gasteiger charge is 2.27. The zero-order valence-electron chi connectivity index (χ0n) is 15.2. The third-order valence-electron chi connectivity index (χ3n) is 3.91. The summed E-state index contributed by atoms with van der Waals surface area (Å²) in [5, 5.41) is 13.6. The van der Waals surface area contributed by atoms with Crippen molar-refractivity contribution in [3.8, 4) is 6.07 Å². The fraction of sp³-hybridized carbons (Fsp3) is 0.263. The maximum absolute atomic E-state index is 12.2. The Morgan fingerprint density at radius 1 is 1.26 bits per heavy atom. The lowest BCUT2D eigenvalue weighted by Gasteiger charge is -2.28. The summed E-state index contributed by atoms with van der Waals surface area (Å²) in [6.45, 7) is 2.70. The lowest BCUT2D eigenvalue weighted by atomic mass is 10.1. The van der Waals surface area contributed by atoms with Gasteiger partial charge in [0.05, 0.1) is 16.5 Å². The second-order valence-electron chi connectivity index (χ2n) is 6.21. The van der Waals surface area contributed by atoms with Gasteiger partial charge < -0.3 is 15.0 Å². The van der Waals surface area contributed by atoms with Gasteiger partial charge in [-0.05, 0) is 43.5 Å².